The molecule has 1 aliphatic rings. The highest BCUT2D eigenvalue weighted by molar-refractivity contribution is 5.89. The SMILES string of the molecule is COC(=O)c1ccc(C(NC2CCCC2)C(N)=O)cc1. The molecule has 1 saturated carbocycles. The van der Waals surface area contributed by atoms with E-state index in [0.717, 1.165) is 18.4 Å². The number of primary amides is 1. The van der Waals surface area contributed by atoms with Crippen LogP contribution in [0.4, 0.5) is 0 Å². The van der Waals surface area contributed by atoms with Gasteiger partial charge < -0.3 is 10.5 Å². The summed E-state index contributed by atoms with van der Waals surface area (Å²) in [6.45, 7) is 0. The molecule has 2 rings (SSSR count). The molecule has 5 nitrogen and oxygen atoms in total. The number of carbonyl (C=O) groups is 2. The molecule has 0 saturated heterocycles. The van der Waals surface area contributed by atoms with Crippen molar-refractivity contribution in [1.29, 1.82) is 0 Å². The van der Waals surface area contributed by atoms with Gasteiger partial charge in [-0.05, 0) is 30.5 Å². The number of nitrogens with one attached hydrogen (secondary N) is 1. The predicted octanol–water partition coefficient (Wildman–Crippen LogP) is 1.53. The van der Waals surface area contributed by atoms with Crippen molar-refractivity contribution in [3.8, 4) is 0 Å². The smallest absolute Gasteiger partial charge is 0.337 e. The van der Waals surface area contributed by atoms with E-state index in [0.29, 0.717) is 11.6 Å². The Balaban J connectivity index is 2.12. The summed E-state index contributed by atoms with van der Waals surface area (Å²) in [5.74, 6) is -0.793. The van der Waals surface area contributed by atoms with Crippen LogP contribution >= 0.6 is 0 Å². The Morgan fingerprint density at radius 3 is 2.35 bits per heavy atom. The summed E-state index contributed by atoms with van der Waals surface area (Å²) >= 11 is 0. The minimum absolute atomic E-state index is 0.341. The van der Waals surface area contributed by atoms with Gasteiger partial charge in [-0.15, -0.1) is 0 Å². The molecular formula is C15H20N2O3. The number of ether oxygens (including phenoxy) is 1. The number of hydrogen-bond donors (Lipinski definition) is 2. The van der Waals surface area contributed by atoms with Crippen molar-refractivity contribution < 1.29 is 14.3 Å². The molecule has 1 aliphatic carbocycles. The molecular weight excluding hydrogens is 256 g/mol. The lowest BCUT2D eigenvalue weighted by atomic mass is 10.0. The molecule has 5 heteroatoms. The van der Waals surface area contributed by atoms with Crippen LogP contribution < -0.4 is 11.1 Å². The molecule has 0 heterocycles. The lowest BCUT2D eigenvalue weighted by Gasteiger charge is -2.20. The van der Waals surface area contributed by atoms with E-state index >= 15 is 0 Å². The predicted molar refractivity (Wildman–Crippen MR) is 75.1 cm³/mol. The maximum absolute atomic E-state index is 11.6. The minimum atomic E-state index is -0.509. The van der Waals surface area contributed by atoms with E-state index < -0.39 is 17.9 Å². The molecule has 3 N–H and O–H groups in total. The largest absolute Gasteiger partial charge is 0.465 e. The van der Waals surface area contributed by atoms with Crippen LogP contribution in [0.15, 0.2) is 24.3 Å². The molecule has 0 bridgehead atoms. The zero-order valence-corrected chi connectivity index (χ0v) is 11.6. The van der Waals surface area contributed by atoms with E-state index in [1.807, 2.05) is 0 Å². The molecule has 1 aromatic rings. The van der Waals surface area contributed by atoms with E-state index in [2.05, 4.69) is 10.1 Å². The molecule has 0 aromatic heterocycles. The Morgan fingerprint density at radius 1 is 1.25 bits per heavy atom. The second-order valence-corrected chi connectivity index (χ2v) is 5.10. The zero-order chi connectivity index (χ0) is 14.5. The van der Waals surface area contributed by atoms with Crippen molar-refractivity contribution in [3.63, 3.8) is 0 Å². The lowest BCUT2D eigenvalue weighted by molar-refractivity contribution is -0.120. The Morgan fingerprint density at radius 2 is 1.85 bits per heavy atom. The van der Waals surface area contributed by atoms with Gasteiger partial charge in [0.2, 0.25) is 5.91 Å². The van der Waals surface area contributed by atoms with E-state index in [4.69, 9.17) is 5.73 Å². The quantitative estimate of drug-likeness (QED) is 0.799. The van der Waals surface area contributed by atoms with Crippen LogP contribution in [0, 0.1) is 0 Å². The van der Waals surface area contributed by atoms with E-state index in [9.17, 15) is 9.59 Å². The van der Waals surface area contributed by atoms with Crippen molar-refractivity contribution in [1.82, 2.24) is 5.32 Å². The van der Waals surface area contributed by atoms with Crippen LogP contribution in [-0.2, 0) is 9.53 Å². The van der Waals surface area contributed by atoms with Gasteiger partial charge in [0.25, 0.3) is 0 Å². The summed E-state index contributed by atoms with van der Waals surface area (Å²) in [6.07, 6.45) is 4.52. The van der Waals surface area contributed by atoms with Gasteiger partial charge in [-0.2, -0.15) is 0 Å². The summed E-state index contributed by atoms with van der Waals surface area (Å²) in [7, 11) is 1.34. The van der Waals surface area contributed by atoms with Crippen LogP contribution in [0.25, 0.3) is 0 Å². The molecule has 20 heavy (non-hydrogen) atoms. The summed E-state index contributed by atoms with van der Waals surface area (Å²) < 4.78 is 4.65. The first-order chi connectivity index (χ1) is 9.61. The van der Waals surface area contributed by atoms with Gasteiger partial charge in [-0.25, -0.2) is 4.79 Å². The number of carbonyl (C=O) groups excluding carboxylic acids is 2. The third-order valence-electron chi connectivity index (χ3n) is 3.71. The average Bonchev–Trinajstić information content (AvgIpc) is 2.97. The molecule has 1 aromatic carbocycles. The van der Waals surface area contributed by atoms with Gasteiger partial charge in [0, 0.05) is 6.04 Å². The number of hydrogen-bond acceptors (Lipinski definition) is 4. The molecule has 108 valence electrons. The van der Waals surface area contributed by atoms with Crippen LogP contribution in [-0.4, -0.2) is 25.0 Å². The summed E-state index contributed by atoms with van der Waals surface area (Å²) in [4.78, 5) is 23.0. The highest BCUT2D eigenvalue weighted by atomic mass is 16.5. The zero-order valence-electron chi connectivity index (χ0n) is 11.6. The first kappa shape index (κ1) is 14.5. The van der Waals surface area contributed by atoms with E-state index in [-0.39, 0.29) is 0 Å². The van der Waals surface area contributed by atoms with Gasteiger partial charge >= 0.3 is 5.97 Å². The van der Waals surface area contributed by atoms with Crippen LogP contribution in [0.5, 0.6) is 0 Å². The highest BCUT2D eigenvalue weighted by Crippen LogP contribution is 2.22. The normalized spacial score (nSPS) is 16.9. The van der Waals surface area contributed by atoms with Gasteiger partial charge in [0.15, 0.2) is 0 Å². The number of esters is 1. The molecule has 1 atom stereocenters. The fraction of sp³-hybridized carbons (Fsp3) is 0.467. The molecule has 1 amide bonds. The summed E-state index contributed by atoms with van der Waals surface area (Å²) in [5.41, 5.74) is 6.71. The second-order valence-electron chi connectivity index (χ2n) is 5.10. The van der Waals surface area contributed by atoms with Gasteiger partial charge in [-0.1, -0.05) is 25.0 Å². The van der Waals surface area contributed by atoms with Crippen molar-refractivity contribution in [2.75, 3.05) is 7.11 Å². The van der Waals surface area contributed by atoms with Gasteiger partial charge in [0.1, 0.15) is 6.04 Å². The first-order valence-corrected chi connectivity index (χ1v) is 6.85. The fourth-order valence-corrected chi connectivity index (χ4v) is 2.60. The van der Waals surface area contributed by atoms with Crippen LogP contribution in [0.2, 0.25) is 0 Å². The Hall–Kier alpha value is -1.88. The maximum Gasteiger partial charge on any atom is 0.337 e. The fourth-order valence-electron chi connectivity index (χ4n) is 2.60. The minimum Gasteiger partial charge on any atom is -0.465 e. The van der Waals surface area contributed by atoms with Gasteiger partial charge in [-0.3, -0.25) is 10.1 Å². The van der Waals surface area contributed by atoms with Gasteiger partial charge in [0.05, 0.1) is 12.7 Å². The van der Waals surface area contributed by atoms with Crippen molar-refractivity contribution >= 4 is 11.9 Å². The van der Waals surface area contributed by atoms with Crippen LogP contribution in [0.3, 0.4) is 0 Å². The third-order valence-corrected chi connectivity index (χ3v) is 3.71. The topological polar surface area (TPSA) is 81.4 Å². The van der Waals surface area contributed by atoms with Crippen LogP contribution in [0.1, 0.15) is 47.6 Å². The Bertz CT molecular complexity index is 478. The molecule has 1 unspecified atom stereocenters. The number of nitrogens with two attached hydrogens (primary N) is 1. The monoisotopic (exact) mass is 276 g/mol. The lowest BCUT2D eigenvalue weighted by Crippen LogP contribution is -2.38. The summed E-state index contributed by atoms with van der Waals surface area (Å²) in [5, 5.41) is 3.30. The Kier molecular flexibility index (Phi) is 4.74. The number of rotatable bonds is 5. The Labute approximate surface area is 118 Å². The van der Waals surface area contributed by atoms with E-state index in [1.165, 1.54) is 20.0 Å². The number of amides is 1. The number of benzene rings is 1. The van der Waals surface area contributed by atoms with Crippen molar-refractivity contribution in [2.45, 2.75) is 37.8 Å². The molecule has 0 radical (unpaired) electrons. The summed E-state index contributed by atoms with van der Waals surface area (Å²) in [6, 6.07) is 6.60. The highest BCUT2D eigenvalue weighted by Gasteiger charge is 2.24. The first-order valence-electron chi connectivity index (χ1n) is 6.85. The second kappa shape index (κ2) is 6.52. The third kappa shape index (κ3) is 3.36. The standard InChI is InChI=1S/C15H20N2O3/c1-20-15(19)11-8-6-10(7-9-11)13(14(16)18)17-12-4-2-3-5-12/h6-9,12-13,17H,2-5H2,1H3,(H2,16,18). The molecule has 0 spiro atoms. The van der Waals surface area contributed by atoms with E-state index in [1.54, 1.807) is 24.3 Å². The van der Waals surface area contributed by atoms with Crippen molar-refractivity contribution in [2.24, 2.45) is 5.73 Å². The molecule has 0 aliphatic heterocycles. The average molecular weight is 276 g/mol. The number of methoxy groups -OCH3 is 1. The van der Waals surface area contributed by atoms with Crippen molar-refractivity contribution in [3.05, 3.63) is 35.4 Å². The molecule has 1 fully saturated rings. The maximum atomic E-state index is 11.6.